The number of nitrogens with one attached hydrogen (secondary N) is 1. The molecule has 1 aromatic carbocycles. The molecule has 0 amide bonds. The van der Waals surface area contributed by atoms with Crippen LogP contribution in [0.2, 0.25) is 4.34 Å². The number of sulfonamides is 1. The number of carbonyl (C=O) groups is 1. The van der Waals surface area contributed by atoms with Gasteiger partial charge in [-0.05, 0) is 36.8 Å². The summed E-state index contributed by atoms with van der Waals surface area (Å²) in [7, 11) is -3.89. The van der Waals surface area contributed by atoms with Gasteiger partial charge in [-0.15, -0.1) is 22.7 Å². The number of carboxylic acids is 1. The van der Waals surface area contributed by atoms with Crippen LogP contribution in [0.25, 0.3) is 9.75 Å². The molecule has 0 aliphatic carbocycles. The summed E-state index contributed by atoms with van der Waals surface area (Å²) in [5.74, 6) is -1.19. The minimum Gasteiger partial charge on any atom is -0.477 e. The quantitative estimate of drug-likeness (QED) is 0.620. The molecule has 0 saturated carbocycles. The predicted octanol–water partition coefficient (Wildman–Crippen LogP) is 4.94. The SMILES string of the molecule is Cc1ccccc1S(=O)(=O)Nc1cc(-c2ccc(Cl)s2)sc1C(=O)O. The van der Waals surface area contributed by atoms with Crippen molar-refractivity contribution in [3.63, 3.8) is 0 Å². The first kappa shape index (κ1) is 17.9. The van der Waals surface area contributed by atoms with Crippen molar-refractivity contribution in [2.45, 2.75) is 11.8 Å². The van der Waals surface area contributed by atoms with Gasteiger partial charge in [0.2, 0.25) is 0 Å². The fourth-order valence-corrected chi connectivity index (χ4v) is 5.70. The van der Waals surface area contributed by atoms with Crippen molar-refractivity contribution in [3.05, 3.63) is 57.2 Å². The summed E-state index contributed by atoms with van der Waals surface area (Å²) in [6.45, 7) is 1.68. The number of carboxylic acid groups (broad SMARTS) is 1. The summed E-state index contributed by atoms with van der Waals surface area (Å²) in [5, 5.41) is 9.41. The lowest BCUT2D eigenvalue weighted by Gasteiger charge is -2.09. The van der Waals surface area contributed by atoms with Crippen LogP contribution in [-0.4, -0.2) is 19.5 Å². The van der Waals surface area contributed by atoms with Crippen LogP contribution in [0.3, 0.4) is 0 Å². The Morgan fingerprint density at radius 2 is 1.84 bits per heavy atom. The number of aromatic carboxylic acids is 1. The molecular formula is C16H12ClNO4S3. The molecule has 0 unspecified atom stereocenters. The first-order valence-corrected chi connectivity index (χ1v) is 10.5. The highest BCUT2D eigenvalue weighted by Gasteiger charge is 2.23. The second-order valence-electron chi connectivity index (χ2n) is 5.13. The minimum atomic E-state index is -3.89. The number of hydrogen-bond acceptors (Lipinski definition) is 5. The zero-order chi connectivity index (χ0) is 18.2. The van der Waals surface area contributed by atoms with E-state index >= 15 is 0 Å². The van der Waals surface area contributed by atoms with Crippen LogP contribution < -0.4 is 4.72 Å². The average Bonchev–Trinajstić information content (AvgIpc) is 3.13. The average molecular weight is 414 g/mol. The molecule has 0 aliphatic heterocycles. The van der Waals surface area contributed by atoms with E-state index in [4.69, 9.17) is 11.6 Å². The van der Waals surface area contributed by atoms with Gasteiger partial charge >= 0.3 is 5.97 Å². The van der Waals surface area contributed by atoms with Gasteiger partial charge in [0.15, 0.2) is 0 Å². The maximum atomic E-state index is 12.6. The molecule has 2 heterocycles. The number of rotatable bonds is 5. The molecule has 3 aromatic rings. The highest BCUT2D eigenvalue weighted by atomic mass is 35.5. The van der Waals surface area contributed by atoms with Gasteiger partial charge in [-0.3, -0.25) is 4.72 Å². The van der Waals surface area contributed by atoms with E-state index in [1.807, 2.05) is 0 Å². The molecule has 0 fully saturated rings. The fraction of sp³-hybridized carbons (Fsp3) is 0.0625. The third kappa shape index (κ3) is 3.72. The van der Waals surface area contributed by atoms with Crippen molar-refractivity contribution in [1.82, 2.24) is 0 Å². The summed E-state index contributed by atoms with van der Waals surface area (Å²) in [6, 6.07) is 11.5. The Morgan fingerprint density at radius 3 is 2.44 bits per heavy atom. The number of hydrogen-bond donors (Lipinski definition) is 2. The molecule has 0 radical (unpaired) electrons. The third-order valence-corrected chi connectivity index (χ3v) is 7.45. The Hall–Kier alpha value is -1.87. The van der Waals surface area contributed by atoms with Gasteiger partial charge in [0.05, 0.1) is 14.9 Å². The van der Waals surface area contributed by atoms with Crippen LogP contribution in [0.4, 0.5) is 5.69 Å². The van der Waals surface area contributed by atoms with Crippen molar-refractivity contribution in [1.29, 1.82) is 0 Å². The van der Waals surface area contributed by atoms with E-state index in [1.165, 1.54) is 23.5 Å². The van der Waals surface area contributed by atoms with Crippen LogP contribution >= 0.6 is 34.3 Å². The van der Waals surface area contributed by atoms with E-state index in [2.05, 4.69) is 4.72 Å². The number of benzene rings is 1. The molecule has 2 aromatic heterocycles. The van der Waals surface area contributed by atoms with E-state index in [-0.39, 0.29) is 15.5 Å². The third-order valence-electron chi connectivity index (χ3n) is 3.37. The summed E-state index contributed by atoms with van der Waals surface area (Å²) in [4.78, 5) is 13.0. The van der Waals surface area contributed by atoms with Gasteiger partial charge in [0.25, 0.3) is 10.0 Å². The molecule has 0 aliphatic rings. The molecule has 130 valence electrons. The zero-order valence-electron chi connectivity index (χ0n) is 12.8. The topological polar surface area (TPSA) is 83.5 Å². The van der Waals surface area contributed by atoms with Crippen molar-refractivity contribution in [2.75, 3.05) is 4.72 Å². The van der Waals surface area contributed by atoms with Gasteiger partial charge in [0, 0.05) is 9.75 Å². The lowest BCUT2D eigenvalue weighted by atomic mass is 10.2. The van der Waals surface area contributed by atoms with E-state index in [9.17, 15) is 18.3 Å². The molecule has 25 heavy (non-hydrogen) atoms. The standard InChI is InChI=1S/C16H12ClNO4S3/c1-9-4-2-3-5-13(9)25(21,22)18-10-8-12(24-15(10)16(19)20)11-6-7-14(17)23-11/h2-8,18H,1H3,(H,19,20). The predicted molar refractivity (Wildman–Crippen MR) is 102 cm³/mol. The first-order chi connectivity index (χ1) is 11.8. The van der Waals surface area contributed by atoms with Gasteiger partial charge < -0.3 is 5.11 Å². The molecular weight excluding hydrogens is 402 g/mol. The normalized spacial score (nSPS) is 11.4. The number of anilines is 1. The maximum absolute atomic E-state index is 12.6. The lowest BCUT2D eigenvalue weighted by molar-refractivity contribution is 0.0703. The Labute approximate surface area is 157 Å². The van der Waals surface area contributed by atoms with Crippen molar-refractivity contribution in [3.8, 4) is 9.75 Å². The van der Waals surface area contributed by atoms with Crippen molar-refractivity contribution in [2.24, 2.45) is 0 Å². The maximum Gasteiger partial charge on any atom is 0.348 e. The van der Waals surface area contributed by atoms with E-state index in [1.54, 1.807) is 37.3 Å². The number of halogens is 1. The first-order valence-electron chi connectivity index (χ1n) is 6.99. The Bertz CT molecular complexity index is 1050. The molecule has 5 nitrogen and oxygen atoms in total. The van der Waals surface area contributed by atoms with Crippen LogP contribution in [-0.2, 0) is 10.0 Å². The lowest BCUT2D eigenvalue weighted by Crippen LogP contribution is -2.15. The van der Waals surface area contributed by atoms with E-state index < -0.39 is 16.0 Å². The molecule has 9 heteroatoms. The number of aryl methyl sites for hydroxylation is 1. The summed E-state index contributed by atoms with van der Waals surface area (Å²) in [6.07, 6.45) is 0. The number of thiophene rings is 2. The van der Waals surface area contributed by atoms with E-state index in [0.717, 1.165) is 16.2 Å². The van der Waals surface area contributed by atoms with Crippen molar-refractivity contribution >= 4 is 56.0 Å². The second-order valence-corrected chi connectivity index (χ2v) is 9.55. The Morgan fingerprint density at radius 1 is 1.12 bits per heavy atom. The molecule has 0 spiro atoms. The molecule has 3 rings (SSSR count). The highest BCUT2D eigenvalue weighted by molar-refractivity contribution is 7.92. The summed E-state index contributed by atoms with van der Waals surface area (Å²) < 4.78 is 28.2. The fourth-order valence-electron chi connectivity index (χ4n) is 2.25. The van der Waals surface area contributed by atoms with Crippen LogP contribution in [0.5, 0.6) is 0 Å². The van der Waals surface area contributed by atoms with Crippen LogP contribution in [0.15, 0.2) is 47.4 Å². The smallest absolute Gasteiger partial charge is 0.348 e. The van der Waals surface area contributed by atoms with Crippen molar-refractivity contribution < 1.29 is 18.3 Å². The largest absolute Gasteiger partial charge is 0.477 e. The Balaban J connectivity index is 2.03. The van der Waals surface area contributed by atoms with E-state index in [0.29, 0.717) is 14.8 Å². The van der Waals surface area contributed by atoms with Gasteiger partial charge in [0.1, 0.15) is 4.88 Å². The Kier molecular flexibility index (Phi) is 4.88. The van der Waals surface area contributed by atoms with Crippen LogP contribution in [0, 0.1) is 6.92 Å². The molecule has 0 bridgehead atoms. The molecule has 2 N–H and O–H groups in total. The monoisotopic (exact) mass is 413 g/mol. The molecule has 0 atom stereocenters. The zero-order valence-corrected chi connectivity index (χ0v) is 16.0. The summed E-state index contributed by atoms with van der Waals surface area (Å²) in [5.41, 5.74) is 0.618. The minimum absolute atomic E-state index is 0.0419. The van der Waals surface area contributed by atoms with Gasteiger partial charge in [-0.1, -0.05) is 29.8 Å². The van der Waals surface area contributed by atoms with Gasteiger partial charge in [-0.25, -0.2) is 13.2 Å². The van der Waals surface area contributed by atoms with Gasteiger partial charge in [-0.2, -0.15) is 0 Å². The second kappa shape index (κ2) is 6.80. The molecule has 0 saturated heterocycles. The van der Waals surface area contributed by atoms with Crippen LogP contribution in [0.1, 0.15) is 15.2 Å². The highest BCUT2D eigenvalue weighted by Crippen LogP contribution is 2.40. The summed E-state index contributed by atoms with van der Waals surface area (Å²) >= 11 is 8.22.